The van der Waals surface area contributed by atoms with Crippen molar-refractivity contribution in [3.63, 3.8) is 0 Å². The fraction of sp³-hybridized carbons (Fsp3) is 0.731. The SMILES string of the molecule is CC/C=C\C/C=C\C/C=C\C/C=C\C/C=C\C/C=C\C/C=C\CCCCCCCCCCCCCCCCCCCCCC(=O)NC(COP(=O)([O-])OCC[N+](C)(C)C)C(O)/C=C/CC/C=C/CC/C=C/CCCCCCCCCCCCCCCC. The highest BCUT2D eigenvalue weighted by Crippen LogP contribution is 2.38. The van der Waals surface area contributed by atoms with Crippen molar-refractivity contribution in [1.29, 1.82) is 0 Å². The molecule has 0 bridgehead atoms. The van der Waals surface area contributed by atoms with Gasteiger partial charge in [0, 0.05) is 6.42 Å². The van der Waals surface area contributed by atoms with Crippen LogP contribution in [0.4, 0.5) is 0 Å². The lowest BCUT2D eigenvalue weighted by Crippen LogP contribution is -2.45. The van der Waals surface area contributed by atoms with Gasteiger partial charge in [-0.3, -0.25) is 9.36 Å². The number of carbonyl (C=O) groups excluding carboxylic acids is 1. The van der Waals surface area contributed by atoms with E-state index < -0.39 is 26.6 Å². The standard InChI is InChI=1S/C78H139N2O6P/c1-6-8-10-12-14-16-18-20-22-24-26-28-30-32-33-34-35-36-37-38-39-40-41-42-43-44-45-46-47-48-50-52-54-56-58-60-62-64-66-68-70-72-78(82)79-76(75-86-87(83,84)85-74-73-80(3,4)5)77(81)71-69-67-65-63-61-59-57-55-53-51-49-31-29-27-25-23-21-19-17-15-13-11-9-7-2/h8,10,14,16,20,22,26,28,32-33,35-36,38-39,53,55,61,63,69,71,76-77,81H,6-7,9,11-13,15,17-19,21,23-25,27,29-31,34,37,40-52,54,56-60,62,64-68,70,72-75H2,1-5H3,(H-,79,82,83,84)/b10-8-,16-14-,22-20-,28-26-,33-32-,36-35-,39-38-,55-53+,63-61+,71-69+. The van der Waals surface area contributed by atoms with E-state index in [4.69, 9.17) is 9.05 Å². The summed E-state index contributed by atoms with van der Waals surface area (Å²) < 4.78 is 23.4. The molecule has 0 saturated carbocycles. The van der Waals surface area contributed by atoms with Crippen molar-refractivity contribution in [3.8, 4) is 0 Å². The number of likely N-dealkylation sites (N-methyl/N-ethyl adjacent to an activating group) is 1. The van der Waals surface area contributed by atoms with E-state index in [1.165, 1.54) is 205 Å². The molecular weight excluding hydrogens is 1090 g/mol. The van der Waals surface area contributed by atoms with Gasteiger partial charge in [-0.25, -0.2) is 0 Å². The minimum atomic E-state index is -4.62. The van der Waals surface area contributed by atoms with Gasteiger partial charge in [0.1, 0.15) is 13.2 Å². The van der Waals surface area contributed by atoms with Crippen LogP contribution in [0.3, 0.4) is 0 Å². The Bertz CT molecular complexity index is 1840. The summed E-state index contributed by atoms with van der Waals surface area (Å²) in [4.78, 5) is 25.6. The maximum Gasteiger partial charge on any atom is 0.268 e. The first kappa shape index (κ1) is 83.9. The zero-order chi connectivity index (χ0) is 63.4. The average molecular weight is 1230 g/mol. The molecule has 0 aromatic heterocycles. The van der Waals surface area contributed by atoms with Crippen LogP contribution in [-0.2, 0) is 18.4 Å². The van der Waals surface area contributed by atoms with E-state index in [9.17, 15) is 19.4 Å². The molecule has 3 unspecified atom stereocenters. The topological polar surface area (TPSA) is 108 Å². The fourth-order valence-corrected chi connectivity index (χ4v) is 11.0. The molecule has 0 aliphatic carbocycles. The maximum atomic E-state index is 13.0. The Morgan fingerprint density at radius 2 is 0.713 bits per heavy atom. The minimum absolute atomic E-state index is 0.0119. The van der Waals surface area contributed by atoms with E-state index in [2.05, 4.69) is 129 Å². The van der Waals surface area contributed by atoms with Gasteiger partial charge in [-0.1, -0.05) is 328 Å². The summed E-state index contributed by atoms with van der Waals surface area (Å²) in [5.74, 6) is -0.210. The van der Waals surface area contributed by atoms with Crippen LogP contribution < -0.4 is 10.2 Å². The van der Waals surface area contributed by atoms with Gasteiger partial charge in [-0.05, 0) is 103 Å². The second-order valence-electron chi connectivity index (χ2n) is 25.5. The van der Waals surface area contributed by atoms with E-state index in [-0.39, 0.29) is 12.5 Å². The summed E-state index contributed by atoms with van der Waals surface area (Å²) in [5, 5.41) is 13.9. The summed E-state index contributed by atoms with van der Waals surface area (Å²) in [6.45, 7) is 4.53. The maximum absolute atomic E-state index is 13.0. The number of hydrogen-bond acceptors (Lipinski definition) is 6. The number of phosphoric ester groups is 1. The lowest BCUT2D eigenvalue weighted by molar-refractivity contribution is -0.870. The molecule has 0 spiro atoms. The molecule has 0 rings (SSSR count). The second-order valence-corrected chi connectivity index (χ2v) is 27.0. The van der Waals surface area contributed by atoms with Gasteiger partial charge in [0.05, 0.1) is 39.9 Å². The monoisotopic (exact) mass is 1230 g/mol. The molecule has 0 aliphatic rings. The first-order valence-electron chi connectivity index (χ1n) is 36.4. The highest BCUT2D eigenvalue weighted by atomic mass is 31.2. The van der Waals surface area contributed by atoms with Gasteiger partial charge in [0.15, 0.2) is 0 Å². The molecule has 0 heterocycles. The highest BCUT2D eigenvalue weighted by molar-refractivity contribution is 7.45. The first-order chi connectivity index (χ1) is 42.5. The number of phosphoric acid groups is 1. The molecule has 0 aromatic rings. The molecule has 0 fully saturated rings. The Hall–Kier alpha value is -3.10. The second kappa shape index (κ2) is 67.3. The zero-order valence-corrected chi connectivity index (χ0v) is 58.3. The Kier molecular flexibility index (Phi) is 64.9. The number of nitrogens with one attached hydrogen (secondary N) is 1. The van der Waals surface area contributed by atoms with Gasteiger partial charge in [0.2, 0.25) is 5.91 Å². The van der Waals surface area contributed by atoms with Crippen molar-refractivity contribution in [2.75, 3.05) is 40.9 Å². The summed E-state index contributed by atoms with van der Waals surface area (Å²) >= 11 is 0. The van der Waals surface area contributed by atoms with Crippen molar-refractivity contribution in [2.24, 2.45) is 0 Å². The number of nitrogens with zero attached hydrogens (tertiary/aromatic N) is 1. The zero-order valence-electron chi connectivity index (χ0n) is 57.4. The van der Waals surface area contributed by atoms with Crippen molar-refractivity contribution < 1.29 is 32.9 Å². The smallest absolute Gasteiger partial charge is 0.268 e. The molecule has 1 amide bonds. The largest absolute Gasteiger partial charge is 0.756 e. The summed E-state index contributed by atoms with van der Waals surface area (Å²) in [7, 11) is 1.24. The minimum Gasteiger partial charge on any atom is -0.756 e. The lowest BCUT2D eigenvalue weighted by atomic mass is 10.0. The van der Waals surface area contributed by atoms with Gasteiger partial charge in [-0.2, -0.15) is 0 Å². The molecule has 0 aromatic carbocycles. The predicted octanol–water partition coefficient (Wildman–Crippen LogP) is 23.0. The number of amides is 1. The Morgan fingerprint density at radius 1 is 0.414 bits per heavy atom. The van der Waals surface area contributed by atoms with Crippen molar-refractivity contribution in [2.45, 2.75) is 328 Å². The Morgan fingerprint density at radius 3 is 1.07 bits per heavy atom. The van der Waals surface area contributed by atoms with Crippen LogP contribution in [0.15, 0.2) is 122 Å². The fourth-order valence-electron chi connectivity index (χ4n) is 10.3. The molecule has 0 aliphatic heterocycles. The van der Waals surface area contributed by atoms with Crippen LogP contribution in [0, 0.1) is 0 Å². The Labute approximate surface area is 539 Å². The van der Waals surface area contributed by atoms with E-state index in [0.717, 1.165) is 89.9 Å². The number of quaternary nitrogens is 1. The molecule has 3 atom stereocenters. The van der Waals surface area contributed by atoms with Crippen LogP contribution >= 0.6 is 7.82 Å². The van der Waals surface area contributed by atoms with E-state index in [1.807, 2.05) is 27.2 Å². The van der Waals surface area contributed by atoms with Crippen molar-refractivity contribution in [3.05, 3.63) is 122 Å². The molecule has 0 radical (unpaired) electrons. The summed E-state index contributed by atoms with van der Waals surface area (Å²) in [6, 6.07) is -0.916. The summed E-state index contributed by atoms with van der Waals surface area (Å²) in [5.41, 5.74) is 0. The van der Waals surface area contributed by atoms with E-state index in [1.54, 1.807) is 6.08 Å². The lowest BCUT2D eigenvalue weighted by Gasteiger charge is -2.29. The quantitative estimate of drug-likeness (QED) is 0.0272. The molecule has 9 heteroatoms. The van der Waals surface area contributed by atoms with Crippen LogP contribution in [0.25, 0.3) is 0 Å². The number of aliphatic hydroxyl groups is 1. The number of rotatable bonds is 66. The van der Waals surface area contributed by atoms with Gasteiger partial charge in [0.25, 0.3) is 7.82 Å². The number of unbranched alkanes of at least 4 members (excludes halogenated alkanes) is 35. The highest BCUT2D eigenvalue weighted by Gasteiger charge is 2.23. The predicted molar refractivity (Wildman–Crippen MR) is 380 cm³/mol. The van der Waals surface area contributed by atoms with E-state index in [0.29, 0.717) is 17.4 Å². The number of hydrogen-bond donors (Lipinski definition) is 2. The average Bonchev–Trinajstić information content (AvgIpc) is 3.71. The molecular formula is C78H139N2O6P. The molecule has 502 valence electrons. The van der Waals surface area contributed by atoms with Gasteiger partial charge >= 0.3 is 0 Å². The van der Waals surface area contributed by atoms with Crippen molar-refractivity contribution >= 4 is 13.7 Å². The van der Waals surface area contributed by atoms with Crippen molar-refractivity contribution in [1.82, 2.24) is 5.32 Å². The van der Waals surface area contributed by atoms with Gasteiger partial charge < -0.3 is 28.8 Å². The van der Waals surface area contributed by atoms with Gasteiger partial charge in [-0.15, -0.1) is 0 Å². The number of allylic oxidation sites excluding steroid dienone is 19. The number of carbonyl (C=O) groups is 1. The molecule has 8 nitrogen and oxygen atoms in total. The molecule has 2 N–H and O–H groups in total. The molecule has 87 heavy (non-hydrogen) atoms. The van der Waals surface area contributed by atoms with Crippen LogP contribution in [0.2, 0.25) is 0 Å². The van der Waals surface area contributed by atoms with E-state index >= 15 is 0 Å². The van der Waals surface area contributed by atoms with Crippen LogP contribution in [-0.4, -0.2) is 68.5 Å². The third-order valence-corrected chi connectivity index (χ3v) is 16.8. The number of aliphatic hydroxyl groups excluding tert-OH is 1. The third-order valence-electron chi connectivity index (χ3n) is 15.9. The third kappa shape index (κ3) is 70.2. The Balaban J connectivity index is 4.05. The molecule has 0 saturated heterocycles. The van der Waals surface area contributed by atoms with Crippen LogP contribution in [0.5, 0.6) is 0 Å². The van der Waals surface area contributed by atoms with Crippen LogP contribution in [0.1, 0.15) is 316 Å². The normalized spacial score (nSPS) is 14.3. The first-order valence-corrected chi connectivity index (χ1v) is 37.9. The summed E-state index contributed by atoms with van der Waals surface area (Å²) in [6.07, 6.45) is 100.